The van der Waals surface area contributed by atoms with E-state index in [4.69, 9.17) is 28.4 Å². The second-order valence-corrected chi connectivity index (χ2v) is 6.06. The largest absolute Gasteiger partial charge is 0.410 e. The molecule has 0 unspecified atom stereocenters. The molecule has 0 saturated carbocycles. The minimum absolute atomic E-state index is 0.00295. The second-order valence-electron chi connectivity index (χ2n) is 5.19. The number of hydrazine groups is 1. The lowest BCUT2D eigenvalue weighted by Crippen LogP contribution is -2.37. The first kappa shape index (κ1) is 17.2. The Morgan fingerprint density at radius 2 is 1.76 bits per heavy atom. The van der Waals surface area contributed by atoms with Gasteiger partial charge in [0.15, 0.2) is 5.69 Å². The molecular weight excluding hydrogens is 365 g/mol. The van der Waals surface area contributed by atoms with E-state index in [1.807, 2.05) is 36.4 Å². The molecular formula is C16H13Cl2N5O2. The lowest BCUT2D eigenvalue weighted by atomic mass is 10.0. The first-order valence-electron chi connectivity index (χ1n) is 7.21. The van der Waals surface area contributed by atoms with Crippen molar-refractivity contribution in [2.75, 3.05) is 0 Å². The number of hydrogen-bond acceptors (Lipinski definition) is 5. The summed E-state index contributed by atoms with van der Waals surface area (Å²) in [6, 6.07) is 13.1. The Morgan fingerprint density at radius 3 is 2.36 bits per heavy atom. The van der Waals surface area contributed by atoms with Crippen molar-refractivity contribution in [3.8, 4) is 11.1 Å². The highest BCUT2D eigenvalue weighted by Crippen LogP contribution is 2.27. The molecule has 128 valence electrons. The van der Waals surface area contributed by atoms with Crippen LogP contribution >= 0.6 is 23.2 Å². The number of amides is 1. The summed E-state index contributed by atoms with van der Waals surface area (Å²) in [6.45, 7) is 0.412. The van der Waals surface area contributed by atoms with Crippen molar-refractivity contribution in [3.63, 3.8) is 0 Å². The zero-order valence-corrected chi connectivity index (χ0v) is 14.3. The molecule has 0 aliphatic rings. The fraction of sp³-hybridized carbons (Fsp3) is 0.0625. The molecule has 9 heteroatoms. The summed E-state index contributed by atoms with van der Waals surface area (Å²) in [4.78, 5) is 12.2. The fourth-order valence-corrected chi connectivity index (χ4v) is 2.71. The van der Waals surface area contributed by atoms with E-state index in [2.05, 4.69) is 21.2 Å². The Labute approximate surface area is 153 Å². The molecule has 3 aromatic rings. The summed E-state index contributed by atoms with van der Waals surface area (Å²) in [5, 5.41) is 16.9. The predicted molar refractivity (Wildman–Crippen MR) is 93.4 cm³/mol. The molecule has 0 atom stereocenters. The maximum absolute atomic E-state index is 11.7. The number of benzene rings is 2. The zero-order valence-electron chi connectivity index (χ0n) is 12.8. The summed E-state index contributed by atoms with van der Waals surface area (Å²) in [5.41, 5.74) is 8.13. The van der Waals surface area contributed by atoms with Crippen LogP contribution in [-0.2, 0) is 6.54 Å². The van der Waals surface area contributed by atoms with E-state index in [-0.39, 0.29) is 5.69 Å². The molecule has 3 N–H and O–H groups in total. The highest BCUT2D eigenvalue weighted by Gasteiger charge is 2.09. The first-order chi connectivity index (χ1) is 12.0. The van der Waals surface area contributed by atoms with Crippen LogP contribution in [0.3, 0.4) is 0 Å². The topological polar surface area (TPSA) is 92.1 Å². The maximum Gasteiger partial charge on any atom is 0.287 e. The van der Waals surface area contributed by atoms with Gasteiger partial charge in [0.2, 0.25) is 0 Å². The molecule has 3 rings (SSSR count). The Balaban J connectivity index is 1.58. The van der Waals surface area contributed by atoms with Gasteiger partial charge in [0.05, 0.1) is 6.20 Å². The molecule has 0 aliphatic carbocycles. The molecule has 7 nitrogen and oxygen atoms in total. The molecule has 1 heterocycles. The third-order valence-electron chi connectivity index (χ3n) is 3.36. The second kappa shape index (κ2) is 7.52. The molecule has 0 radical (unpaired) electrons. The van der Waals surface area contributed by atoms with E-state index in [0.29, 0.717) is 21.4 Å². The maximum atomic E-state index is 11.7. The van der Waals surface area contributed by atoms with E-state index in [0.717, 1.165) is 22.9 Å². The Kier molecular flexibility index (Phi) is 5.18. The quantitative estimate of drug-likeness (QED) is 0.469. The van der Waals surface area contributed by atoms with E-state index in [9.17, 15) is 4.79 Å². The van der Waals surface area contributed by atoms with Crippen LogP contribution in [-0.4, -0.2) is 26.3 Å². The van der Waals surface area contributed by atoms with E-state index in [1.54, 1.807) is 6.07 Å². The normalized spacial score (nSPS) is 10.6. The molecule has 0 bridgehead atoms. The Bertz CT molecular complexity index is 876. The standard InChI is InChI=1S/C16H13Cl2N5O2/c17-13-5-12(6-14(18)7-13)11-3-1-10(2-4-11)8-19-21-16(24)15-9-23(25)22-20-15/h1-7,9,19,25H,8H2,(H,21,24). The number of nitrogens with one attached hydrogen (secondary N) is 2. The zero-order chi connectivity index (χ0) is 17.8. The van der Waals surface area contributed by atoms with Crippen molar-refractivity contribution in [1.29, 1.82) is 0 Å². The number of nitrogens with zero attached hydrogens (tertiary/aromatic N) is 3. The lowest BCUT2D eigenvalue weighted by Gasteiger charge is -2.08. The van der Waals surface area contributed by atoms with Crippen LogP contribution in [0, 0.1) is 0 Å². The highest BCUT2D eigenvalue weighted by atomic mass is 35.5. The fourth-order valence-electron chi connectivity index (χ4n) is 2.19. The van der Waals surface area contributed by atoms with Crippen LogP contribution in [0.1, 0.15) is 16.1 Å². The van der Waals surface area contributed by atoms with Gasteiger partial charge in [-0.15, -0.1) is 5.10 Å². The number of carbonyl (C=O) groups excluding carboxylic acids is 1. The van der Waals surface area contributed by atoms with E-state index >= 15 is 0 Å². The number of hydrogen-bond donors (Lipinski definition) is 3. The van der Waals surface area contributed by atoms with E-state index < -0.39 is 5.91 Å². The Hall–Kier alpha value is -2.61. The highest BCUT2D eigenvalue weighted by molar-refractivity contribution is 6.35. The monoisotopic (exact) mass is 377 g/mol. The van der Waals surface area contributed by atoms with Crippen LogP contribution < -0.4 is 10.9 Å². The summed E-state index contributed by atoms with van der Waals surface area (Å²) in [5.74, 6) is -0.495. The van der Waals surface area contributed by atoms with Gasteiger partial charge in [0.1, 0.15) is 0 Å². The van der Waals surface area contributed by atoms with Crippen LogP contribution in [0.2, 0.25) is 10.0 Å². The molecule has 2 aromatic carbocycles. The molecule has 1 amide bonds. The van der Waals surface area contributed by atoms with Crippen molar-refractivity contribution in [2.24, 2.45) is 0 Å². The minimum atomic E-state index is -0.495. The molecule has 0 aliphatic heterocycles. The molecule has 1 aromatic heterocycles. The molecule has 25 heavy (non-hydrogen) atoms. The van der Waals surface area contributed by atoms with Crippen molar-refractivity contribution in [1.82, 2.24) is 26.0 Å². The van der Waals surface area contributed by atoms with Gasteiger partial charge >= 0.3 is 0 Å². The first-order valence-corrected chi connectivity index (χ1v) is 7.97. The SMILES string of the molecule is O=C(NNCc1ccc(-c2cc(Cl)cc(Cl)c2)cc1)c1cn(O)nn1. The van der Waals surface area contributed by atoms with Crippen LogP contribution in [0.4, 0.5) is 0 Å². The number of carbonyl (C=O) groups is 1. The van der Waals surface area contributed by atoms with Gasteiger partial charge in [-0.2, -0.15) is 0 Å². The molecule has 0 saturated heterocycles. The summed E-state index contributed by atoms with van der Waals surface area (Å²) < 4.78 is 0. The van der Waals surface area contributed by atoms with Gasteiger partial charge in [-0.3, -0.25) is 10.2 Å². The number of halogens is 2. The van der Waals surface area contributed by atoms with Crippen molar-refractivity contribution >= 4 is 29.1 Å². The summed E-state index contributed by atoms with van der Waals surface area (Å²) in [7, 11) is 0. The van der Waals surface area contributed by atoms with Gasteiger partial charge in [-0.05, 0) is 40.1 Å². The van der Waals surface area contributed by atoms with Gasteiger partial charge in [0.25, 0.3) is 5.91 Å². The van der Waals surface area contributed by atoms with Crippen molar-refractivity contribution in [3.05, 3.63) is 70.0 Å². The van der Waals surface area contributed by atoms with Crippen LogP contribution in [0.5, 0.6) is 0 Å². The van der Waals surface area contributed by atoms with Crippen molar-refractivity contribution in [2.45, 2.75) is 6.54 Å². The third kappa shape index (κ3) is 4.48. The smallest absolute Gasteiger partial charge is 0.287 e. The molecule has 0 spiro atoms. The summed E-state index contributed by atoms with van der Waals surface area (Å²) in [6.07, 6.45) is 1.10. The minimum Gasteiger partial charge on any atom is -0.410 e. The number of aromatic nitrogens is 3. The lowest BCUT2D eigenvalue weighted by molar-refractivity contribution is 0.0926. The van der Waals surface area contributed by atoms with Gasteiger partial charge < -0.3 is 5.21 Å². The van der Waals surface area contributed by atoms with Gasteiger partial charge in [-0.25, -0.2) is 5.43 Å². The van der Waals surface area contributed by atoms with Crippen LogP contribution in [0.15, 0.2) is 48.7 Å². The third-order valence-corrected chi connectivity index (χ3v) is 3.80. The Morgan fingerprint density at radius 1 is 1.08 bits per heavy atom. The van der Waals surface area contributed by atoms with Gasteiger partial charge in [0, 0.05) is 16.6 Å². The van der Waals surface area contributed by atoms with Gasteiger partial charge in [-0.1, -0.05) is 52.3 Å². The van der Waals surface area contributed by atoms with Crippen molar-refractivity contribution < 1.29 is 10.0 Å². The average Bonchev–Trinajstić information content (AvgIpc) is 3.01. The van der Waals surface area contributed by atoms with E-state index in [1.165, 1.54) is 0 Å². The predicted octanol–water partition coefficient (Wildman–Crippen LogP) is 2.92. The summed E-state index contributed by atoms with van der Waals surface area (Å²) >= 11 is 12.0. The average molecular weight is 378 g/mol. The number of rotatable bonds is 5. The molecule has 0 fully saturated rings. The van der Waals surface area contributed by atoms with Crippen LogP contribution in [0.25, 0.3) is 11.1 Å².